The van der Waals surface area contributed by atoms with Gasteiger partial charge in [-0.15, -0.1) is 0 Å². The summed E-state index contributed by atoms with van der Waals surface area (Å²) in [7, 11) is 3.06. The Morgan fingerprint density at radius 2 is 1.94 bits per heavy atom. The Hall–Kier alpha value is -3.91. The lowest BCUT2D eigenvalue weighted by Crippen LogP contribution is -2.28. The number of likely N-dealkylation sites (tertiary alicyclic amines) is 1. The summed E-state index contributed by atoms with van der Waals surface area (Å²) in [6.45, 7) is 0.528. The summed E-state index contributed by atoms with van der Waals surface area (Å²) in [5.74, 6) is 6.50. The van der Waals surface area contributed by atoms with Gasteiger partial charge in [0.25, 0.3) is 5.91 Å². The number of nitrogens with one attached hydrogen (secondary N) is 1. The van der Waals surface area contributed by atoms with E-state index in [0.29, 0.717) is 35.8 Å². The third-order valence-electron chi connectivity index (χ3n) is 5.02. The van der Waals surface area contributed by atoms with Crippen molar-refractivity contribution in [3.8, 4) is 23.3 Å². The maximum Gasteiger partial charge on any atom is 0.407 e. The van der Waals surface area contributed by atoms with Crippen LogP contribution in [-0.2, 0) is 0 Å². The molecule has 1 fully saturated rings. The van der Waals surface area contributed by atoms with Crippen LogP contribution >= 0.6 is 0 Å². The number of hydrogen-bond donors (Lipinski definition) is 4. The average Bonchev–Trinajstić information content (AvgIpc) is 3.40. The predicted octanol–water partition coefficient (Wildman–Crippen LogP) is 0.728. The molecule has 0 saturated carbocycles. The maximum absolute atomic E-state index is 12.3. The molecule has 0 aliphatic carbocycles. The van der Waals surface area contributed by atoms with Gasteiger partial charge in [0.1, 0.15) is 22.9 Å². The molecule has 0 radical (unpaired) electrons. The van der Waals surface area contributed by atoms with Crippen molar-refractivity contribution >= 4 is 17.8 Å². The number of rotatable bonds is 7. The van der Waals surface area contributed by atoms with Crippen LogP contribution in [0.1, 0.15) is 34.1 Å². The molecular weight excluding hydrogens is 418 g/mol. The molecule has 1 aromatic carbocycles. The lowest BCUT2D eigenvalue weighted by molar-refractivity contribution is 0.100. The molecule has 2 amide bonds. The van der Waals surface area contributed by atoms with E-state index in [-0.39, 0.29) is 37.0 Å². The molecule has 1 atom stereocenters. The lowest BCUT2D eigenvalue weighted by Gasteiger charge is -2.16. The number of carbonyl (C=O) groups is 2. The Kier molecular flexibility index (Phi) is 7.07. The van der Waals surface area contributed by atoms with Gasteiger partial charge >= 0.3 is 6.09 Å². The highest BCUT2D eigenvalue weighted by Crippen LogP contribution is 2.29. The molecule has 5 N–H and O–H groups in total. The van der Waals surface area contributed by atoms with E-state index < -0.39 is 12.0 Å². The van der Waals surface area contributed by atoms with E-state index in [1.54, 1.807) is 18.2 Å². The summed E-state index contributed by atoms with van der Waals surface area (Å²) >= 11 is 0. The Morgan fingerprint density at radius 3 is 2.47 bits per heavy atom. The van der Waals surface area contributed by atoms with E-state index in [9.17, 15) is 19.8 Å². The zero-order valence-corrected chi connectivity index (χ0v) is 17.8. The maximum atomic E-state index is 12.3. The van der Waals surface area contributed by atoms with Crippen molar-refractivity contribution in [2.75, 3.05) is 45.8 Å². The number of primary amides is 1. The number of methoxy groups -OCH3 is 2. The smallest absolute Gasteiger partial charge is 0.407 e. The Labute approximate surface area is 184 Å². The molecule has 11 heteroatoms. The largest absolute Gasteiger partial charge is 0.497 e. The molecule has 0 bridgehead atoms. The third-order valence-corrected chi connectivity index (χ3v) is 5.02. The van der Waals surface area contributed by atoms with Crippen molar-refractivity contribution < 1.29 is 29.3 Å². The molecule has 1 aromatic heterocycles. The second kappa shape index (κ2) is 9.93. The van der Waals surface area contributed by atoms with Gasteiger partial charge in [0.15, 0.2) is 5.69 Å². The number of carbonyl (C=O) groups excluding carboxylic acids is 1. The third kappa shape index (κ3) is 4.87. The van der Waals surface area contributed by atoms with Crippen LogP contribution in [0.2, 0.25) is 0 Å². The fraction of sp³-hybridized carbons (Fsp3) is 0.381. The summed E-state index contributed by atoms with van der Waals surface area (Å²) in [6, 6.07) is 4.82. The summed E-state index contributed by atoms with van der Waals surface area (Å²) in [6.07, 6.45) is -0.508. The Morgan fingerprint density at radius 1 is 1.25 bits per heavy atom. The number of benzene rings is 1. The van der Waals surface area contributed by atoms with Crippen LogP contribution in [0.4, 0.5) is 10.6 Å². The minimum absolute atomic E-state index is 0.0783. The quantitative estimate of drug-likeness (QED) is 0.457. The minimum atomic E-state index is -1.02. The molecule has 2 heterocycles. The van der Waals surface area contributed by atoms with E-state index in [2.05, 4.69) is 22.3 Å². The van der Waals surface area contributed by atoms with Gasteiger partial charge in [-0.25, -0.2) is 9.48 Å². The Balaban J connectivity index is 2.05. The molecule has 1 aliphatic heterocycles. The van der Waals surface area contributed by atoms with Crippen LogP contribution in [0.5, 0.6) is 11.5 Å². The fourth-order valence-electron chi connectivity index (χ4n) is 3.49. The van der Waals surface area contributed by atoms with Crippen molar-refractivity contribution in [1.82, 2.24) is 14.7 Å². The van der Waals surface area contributed by atoms with Crippen molar-refractivity contribution in [3.63, 3.8) is 0 Å². The number of aliphatic hydroxyl groups is 1. The first-order valence-corrected chi connectivity index (χ1v) is 9.88. The molecular formula is C21H25N5O6. The molecule has 3 rings (SSSR count). The molecule has 0 spiro atoms. The molecule has 32 heavy (non-hydrogen) atoms. The summed E-state index contributed by atoms with van der Waals surface area (Å²) in [5, 5.41) is 25.9. The SMILES string of the molecule is COc1cc(C#Cc2nn([C@H]3CCN(C(=O)O)C3)c(NCCO)c2C(N)=O)cc(OC)c1. The first-order valence-electron chi connectivity index (χ1n) is 9.88. The first kappa shape index (κ1) is 22.8. The van der Waals surface area contributed by atoms with Gasteiger partial charge in [-0.05, 0) is 24.5 Å². The second-order valence-electron chi connectivity index (χ2n) is 7.05. The normalized spacial score (nSPS) is 15.1. The molecule has 2 aromatic rings. The number of carboxylic acid groups (broad SMARTS) is 1. The van der Waals surface area contributed by atoms with Gasteiger partial charge in [-0.2, -0.15) is 5.10 Å². The summed E-state index contributed by atoms with van der Waals surface area (Å²) in [5.41, 5.74) is 6.43. The zero-order chi connectivity index (χ0) is 23.3. The van der Waals surface area contributed by atoms with Crippen LogP contribution in [0, 0.1) is 11.8 Å². The van der Waals surface area contributed by atoms with Gasteiger partial charge < -0.3 is 35.6 Å². The number of aromatic nitrogens is 2. The molecule has 1 saturated heterocycles. The highest BCUT2D eigenvalue weighted by Gasteiger charge is 2.32. The van der Waals surface area contributed by atoms with Crippen LogP contribution < -0.4 is 20.5 Å². The highest BCUT2D eigenvalue weighted by atomic mass is 16.5. The van der Waals surface area contributed by atoms with Crippen LogP contribution in [-0.4, -0.2) is 77.4 Å². The van der Waals surface area contributed by atoms with Gasteiger partial charge in [0.2, 0.25) is 0 Å². The number of aliphatic hydroxyl groups excluding tert-OH is 1. The van der Waals surface area contributed by atoms with E-state index in [1.165, 1.54) is 23.8 Å². The van der Waals surface area contributed by atoms with Gasteiger partial charge in [-0.1, -0.05) is 5.92 Å². The average molecular weight is 443 g/mol. The van der Waals surface area contributed by atoms with Gasteiger partial charge in [0.05, 0.1) is 26.9 Å². The lowest BCUT2D eigenvalue weighted by atomic mass is 10.1. The fourth-order valence-corrected chi connectivity index (χ4v) is 3.49. The first-order chi connectivity index (χ1) is 15.4. The highest BCUT2D eigenvalue weighted by molar-refractivity contribution is 6.00. The predicted molar refractivity (Wildman–Crippen MR) is 115 cm³/mol. The van der Waals surface area contributed by atoms with Crippen LogP contribution in [0.3, 0.4) is 0 Å². The molecule has 11 nitrogen and oxygen atoms in total. The minimum Gasteiger partial charge on any atom is -0.497 e. The number of nitrogens with zero attached hydrogens (tertiary/aromatic N) is 3. The van der Waals surface area contributed by atoms with Gasteiger partial charge in [-0.3, -0.25) is 4.79 Å². The number of hydrogen-bond acceptors (Lipinski definition) is 7. The van der Waals surface area contributed by atoms with Crippen LogP contribution in [0.15, 0.2) is 18.2 Å². The number of ether oxygens (including phenoxy) is 2. The number of amides is 2. The van der Waals surface area contributed by atoms with Crippen molar-refractivity contribution in [3.05, 3.63) is 35.0 Å². The molecule has 0 unspecified atom stereocenters. The monoisotopic (exact) mass is 443 g/mol. The second-order valence-corrected chi connectivity index (χ2v) is 7.05. The number of anilines is 1. The summed E-state index contributed by atoms with van der Waals surface area (Å²) < 4.78 is 12.0. The topological polar surface area (TPSA) is 152 Å². The standard InChI is InChI=1S/C21H25N5O6/c1-31-15-9-13(10-16(11-15)32-2)3-4-17-18(19(22)28)20(23-6-8-27)26(24-17)14-5-7-25(12-14)21(29)30/h9-11,14,23,27H,5-8,12H2,1-2H3,(H2,22,28)(H,29,30)/t14-/m0/s1. The molecule has 1 aliphatic rings. The van der Waals surface area contributed by atoms with E-state index in [0.717, 1.165) is 0 Å². The van der Waals surface area contributed by atoms with E-state index in [4.69, 9.17) is 15.2 Å². The van der Waals surface area contributed by atoms with E-state index in [1.807, 2.05) is 0 Å². The van der Waals surface area contributed by atoms with Crippen molar-refractivity contribution in [2.45, 2.75) is 12.5 Å². The van der Waals surface area contributed by atoms with Gasteiger partial charge in [0, 0.05) is 31.3 Å². The zero-order valence-electron chi connectivity index (χ0n) is 17.8. The molecule has 170 valence electrons. The van der Waals surface area contributed by atoms with Crippen molar-refractivity contribution in [2.24, 2.45) is 5.73 Å². The Bertz CT molecular complexity index is 1050. The number of nitrogens with two attached hydrogens (primary N) is 1. The van der Waals surface area contributed by atoms with Crippen LogP contribution in [0.25, 0.3) is 0 Å². The summed E-state index contributed by atoms with van der Waals surface area (Å²) in [4.78, 5) is 24.9. The van der Waals surface area contributed by atoms with Crippen molar-refractivity contribution in [1.29, 1.82) is 0 Å². The van der Waals surface area contributed by atoms with E-state index >= 15 is 0 Å².